The van der Waals surface area contributed by atoms with E-state index in [4.69, 9.17) is 4.74 Å². The van der Waals surface area contributed by atoms with E-state index in [1.54, 1.807) is 19.1 Å². The number of Topliss-reactive ketones (excluding diaryl/α,β-unsaturated/α-hetero) is 1. The van der Waals surface area contributed by atoms with Crippen molar-refractivity contribution in [2.24, 2.45) is 17.8 Å². The minimum absolute atomic E-state index is 0.0613. The summed E-state index contributed by atoms with van der Waals surface area (Å²) in [4.78, 5) is 55.9. The van der Waals surface area contributed by atoms with Gasteiger partial charge in [0.05, 0.1) is 18.9 Å². The van der Waals surface area contributed by atoms with Crippen LogP contribution in [0.4, 0.5) is 0 Å². The molecule has 8 heteroatoms. The highest BCUT2D eigenvalue weighted by molar-refractivity contribution is 9.10. The van der Waals surface area contributed by atoms with Gasteiger partial charge in [0.2, 0.25) is 11.8 Å². The van der Waals surface area contributed by atoms with Crippen LogP contribution in [0.2, 0.25) is 0 Å². The van der Waals surface area contributed by atoms with E-state index in [9.17, 15) is 24.3 Å². The number of phenolic OH excluding ortho intramolecular Hbond substituents is 1. The van der Waals surface area contributed by atoms with E-state index in [0.717, 1.165) is 37.7 Å². The van der Waals surface area contributed by atoms with Crippen molar-refractivity contribution in [1.29, 1.82) is 0 Å². The zero-order chi connectivity index (χ0) is 26.9. The van der Waals surface area contributed by atoms with Gasteiger partial charge < -0.3 is 9.84 Å². The predicted molar refractivity (Wildman–Crippen MR) is 142 cm³/mol. The fourth-order valence-electron chi connectivity index (χ4n) is 7.41. The molecule has 4 unspecified atom stereocenters. The molecule has 1 aromatic rings. The first-order valence-corrected chi connectivity index (χ1v) is 14.2. The van der Waals surface area contributed by atoms with Crippen LogP contribution in [0, 0.1) is 17.8 Å². The monoisotopic (exact) mass is 579 g/mol. The van der Waals surface area contributed by atoms with E-state index in [1.807, 2.05) is 6.08 Å². The summed E-state index contributed by atoms with van der Waals surface area (Å²) in [5, 5.41) is 11.2. The summed E-state index contributed by atoms with van der Waals surface area (Å²) in [7, 11) is 1.45. The average molecular weight is 580 g/mol. The molecule has 2 fully saturated rings. The number of nitrogens with zero attached hydrogens (tertiary/aromatic N) is 1. The van der Waals surface area contributed by atoms with Gasteiger partial charge in [-0.05, 0) is 56.7 Å². The van der Waals surface area contributed by atoms with Gasteiger partial charge >= 0.3 is 0 Å². The van der Waals surface area contributed by atoms with Crippen LogP contribution in [0.1, 0.15) is 63.4 Å². The van der Waals surface area contributed by atoms with Crippen molar-refractivity contribution in [1.82, 2.24) is 4.90 Å². The normalized spacial score (nSPS) is 29.6. The molecule has 2 amide bonds. The van der Waals surface area contributed by atoms with Gasteiger partial charge in [-0.3, -0.25) is 24.1 Å². The number of likely N-dealkylation sites (tertiary alicyclic amines) is 1. The van der Waals surface area contributed by atoms with E-state index >= 15 is 0 Å². The minimum Gasteiger partial charge on any atom is -0.504 e. The number of methoxy groups -OCH3 is 1. The lowest BCUT2D eigenvalue weighted by Crippen LogP contribution is -2.43. The van der Waals surface area contributed by atoms with Gasteiger partial charge in [0.25, 0.3) is 0 Å². The highest BCUT2D eigenvalue weighted by Crippen LogP contribution is 2.57. The summed E-state index contributed by atoms with van der Waals surface area (Å²) in [6, 6.07) is 3.32. The third-order valence-electron chi connectivity index (χ3n) is 9.14. The summed E-state index contributed by atoms with van der Waals surface area (Å²) in [6.45, 7) is 1.63. The second-order valence-electron chi connectivity index (χ2n) is 11.1. The molecule has 4 atom stereocenters. The fourth-order valence-corrected chi connectivity index (χ4v) is 7.86. The second-order valence-corrected chi connectivity index (χ2v) is 12.0. The first-order chi connectivity index (χ1) is 18.2. The average Bonchev–Trinajstić information content (AvgIpc) is 3.17. The molecule has 38 heavy (non-hydrogen) atoms. The molecule has 0 bridgehead atoms. The van der Waals surface area contributed by atoms with Gasteiger partial charge in [-0.15, -0.1) is 0 Å². The number of carbonyl (C=O) groups excluding carboxylic acids is 4. The largest absolute Gasteiger partial charge is 0.504 e. The third kappa shape index (κ3) is 3.67. The quantitative estimate of drug-likeness (QED) is 0.309. The Balaban J connectivity index is 1.50. The van der Waals surface area contributed by atoms with Crippen LogP contribution in [0.5, 0.6) is 11.5 Å². The van der Waals surface area contributed by atoms with Gasteiger partial charge in [-0.25, -0.2) is 0 Å². The Kier molecular flexibility index (Phi) is 6.21. The number of amides is 2. The first-order valence-electron chi connectivity index (χ1n) is 13.4. The molecular weight excluding hydrogens is 550 g/mol. The Morgan fingerprint density at radius 2 is 1.76 bits per heavy atom. The van der Waals surface area contributed by atoms with E-state index in [0.29, 0.717) is 33.2 Å². The number of rotatable bonds is 3. The van der Waals surface area contributed by atoms with Crippen LogP contribution in [-0.4, -0.2) is 46.5 Å². The maximum atomic E-state index is 13.9. The molecule has 1 N–H and O–H groups in total. The summed E-state index contributed by atoms with van der Waals surface area (Å²) in [5.41, 5.74) is 2.34. The first kappa shape index (κ1) is 25.3. The van der Waals surface area contributed by atoms with Gasteiger partial charge in [-0.2, -0.15) is 0 Å². The molecule has 198 valence electrons. The van der Waals surface area contributed by atoms with Crippen molar-refractivity contribution in [3.63, 3.8) is 0 Å². The standard InChI is InChI=1S/C30H30BrNO6/c1-14-10-22(33)20-13-19-17(24(26(20)27(14)34)21-11-15(31)12-23(38-2)28(21)35)8-9-18-25(19)30(37)32(29(18)36)16-6-4-3-5-7-16/h8,10-12,16,18-19,24-25,35H,3-7,9,13H2,1-2H3. The van der Waals surface area contributed by atoms with Crippen molar-refractivity contribution in [3.8, 4) is 11.5 Å². The Labute approximate surface area is 229 Å². The van der Waals surface area contributed by atoms with Crippen molar-refractivity contribution >= 4 is 39.3 Å². The van der Waals surface area contributed by atoms with Crippen LogP contribution >= 0.6 is 15.9 Å². The summed E-state index contributed by atoms with van der Waals surface area (Å²) in [5.74, 6) is -2.77. The molecule has 1 aliphatic heterocycles. The number of imide groups is 1. The Bertz CT molecular complexity index is 1380. The zero-order valence-corrected chi connectivity index (χ0v) is 23.0. The lowest BCUT2D eigenvalue weighted by atomic mass is 9.59. The smallest absolute Gasteiger partial charge is 0.233 e. The highest BCUT2D eigenvalue weighted by Gasteiger charge is 2.57. The van der Waals surface area contributed by atoms with Crippen LogP contribution in [-0.2, 0) is 19.2 Å². The van der Waals surface area contributed by atoms with Crippen molar-refractivity contribution in [2.75, 3.05) is 7.11 Å². The SMILES string of the molecule is COc1cc(Br)cc(C2C3=CCC4C(=O)N(C5CCCCC5)C(=O)C4C3CC3=C2C(=O)C(C)=CC3=O)c1O. The molecule has 1 heterocycles. The van der Waals surface area contributed by atoms with Crippen LogP contribution in [0.3, 0.4) is 0 Å². The van der Waals surface area contributed by atoms with Gasteiger partial charge in [-0.1, -0.05) is 46.8 Å². The number of ketones is 2. The molecule has 1 saturated carbocycles. The summed E-state index contributed by atoms with van der Waals surface area (Å²) in [6.07, 6.45) is 8.78. The van der Waals surface area contributed by atoms with E-state index < -0.39 is 23.7 Å². The Morgan fingerprint density at radius 1 is 1.03 bits per heavy atom. The fraction of sp³-hybridized carbons (Fsp3) is 0.467. The Morgan fingerprint density at radius 3 is 2.47 bits per heavy atom. The molecule has 0 radical (unpaired) electrons. The number of phenols is 1. The highest BCUT2D eigenvalue weighted by atomic mass is 79.9. The number of hydrogen-bond acceptors (Lipinski definition) is 6. The predicted octanol–water partition coefficient (Wildman–Crippen LogP) is 4.93. The number of halogens is 1. The molecule has 6 rings (SSSR count). The topological polar surface area (TPSA) is 101 Å². The lowest BCUT2D eigenvalue weighted by molar-refractivity contribution is -0.143. The lowest BCUT2D eigenvalue weighted by Gasteiger charge is -2.42. The molecule has 0 spiro atoms. The second kappa shape index (κ2) is 9.33. The van der Waals surface area contributed by atoms with Crippen molar-refractivity contribution < 1.29 is 29.0 Å². The number of hydrogen-bond donors (Lipinski definition) is 1. The van der Waals surface area contributed by atoms with E-state index in [2.05, 4.69) is 15.9 Å². The molecule has 1 aromatic carbocycles. The van der Waals surface area contributed by atoms with Crippen LogP contribution < -0.4 is 4.74 Å². The number of carbonyl (C=O) groups is 4. The molecule has 7 nitrogen and oxygen atoms in total. The number of aromatic hydroxyl groups is 1. The molecule has 4 aliphatic carbocycles. The van der Waals surface area contributed by atoms with Gasteiger partial charge in [0, 0.05) is 38.7 Å². The molecule has 5 aliphatic rings. The summed E-state index contributed by atoms with van der Waals surface area (Å²) >= 11 is 3.49. The summed E-state index contributed by atoms with van der Waals surface area (Å²) < 4.78 is 6.05. The van der Waals surface area contributed by atoms with E-state index in [1.165, 1.54) is 18.1 Å². The number of ether oxygens (including phenoxy) is 1. The molecule has 0 aromatic heterocycles. The Hall–Kier alpha value is -3.00. The number of benzene rings is 1. The zero-order valence-electron chi connectivity index (χ0n) is 21.5. The van der Waals surface area contributed by atoms with Crippen LogP contribution in [0.15, 0.2) is 51.0 Å². The maximum absolute atomic E-state index is 13.9. The number of allylic oxidation sites excluding steroid dienone is 6. The molecule has 1 saturated heterocycles. The van der Waals surface area contributed by atoms with Crippen molar-refractivity contribution in [3.05, 3.63) is 56.6 Å². The maximum Gasteiger partial charge on any atom is 0.233 e. The van der Waals surface area contributed by atoms with Crippen molar-refractivity contribution in [2.45, 2.75) is 63.8 Å². The van der Waals surface area contributed by atoms with Gasteiger partial charge in [0.1, 0.15) is 0 Å². The van der Waals surface area contributed by atoms with Gasteiger partial charge in [0.15, 0.2) is 23.1 Å². The minimum atomic E-state index is -0.720. The molecular formula is C30H30BrNO6. The van der Waals surface area contributed by atoms with E-state index in [-0.39, 0.29) is 47.3 Å². The third-order valence-corrected chi connectivity index (χ3v) is 9.60. The van der Waals surface area contributed by atoms with Crippen LogP contribution in [0.25, 0.3) is 0 Å². The number of fused-ring (bicyclic) bond motifs is 3.